The molecule has 0 aromatic carbocycles. The van der Waals surface area contributed by atoms with Crippen LogP contribution in [0.5, 0.6) is 0 Å². The molecular formula is C14H16ClF2N5O. The number of rotatable bonds is 6. The highest BCUT2D eigenvalue weighted by atomic mass is 35.5. The standard InChI is InChI=1S/C14H16ClF2N5O/c1-9(13(23)20-10-4-3-5-19-12(10)15)21(2)8-11-18-6-7-22(11)14(16)17/h3-7,9,14H,8H2,1-2H3,(H,20,23)/t9-/m1/s1. The molecule has 0 aliphatic rings. The summed E-state index contributed by atoms with van der Waals surface area (Å²) in [5.74, 6) is -0.140. The van der Waals surface area contributed by atoms with Crippen molar-refractivity contribution < 1.29 is 13.6 Å². The maximum Gasteiger partial charge on any atom is 0.319 e. The van der Waals surface area contributed by atoms with Gasteiger partial charge in [0.2, 0.25) is 5.91 Å². The Morgan fingerprint density at radius 2 is 2.17 bits per heavy atom. The molecule has 0 spiro atoms. The quantitative estimate of drug-likeness (QED) is 0.819. The van der Waals surface area contributed by atoms with Crippen LogP contribution in [0.15, 0.2) is 30.7 Å². The zero-order chi connectivity index (χ0) is 17.0. The number of hydrogen-bond acceptors (Lipinski definition) is 4. The highest BCUT2D eigenvalue weighted by Gasteiger charge is 2.21. The van der Waals surface area contributed by atoms with Gasteiger partial charge in [0.15, 0.2) is 5.15 Å². The van der Waals surface area contributed by atoms with Gasteiger partial charge < -0.3 is 5.32 Å². The Morgan fingerprint density at radius 1 is 1.43 bits per heavy atom. The molecule has 0 radical (unpaired) electrons. The average molecular weight is 344 g/mol. The van der Waals surface area contributed by atoms with E-state index in [0.717, 1.165) is 4.57 Å². The van der Waals surface area contributed by atoms with E-state index in [-0.39, 0.29) is 23.4 Å². The number of halogens is 3. The fourth-order valence-electron chi connectivity index (χ4n) is 1.92. The molecule has 2 rings (SSSR count). The molecule has 2 aromatic heterocycles. The molecule has 0 saturated heterocycles. The maximum atomic E-state index is 12.8. The van der Waals surface area contributed by atoms with Crippen molar-refractivity contribution in [2.75, 3.05) is 12.4 Å². The summed E-state index contributed by atoms with van der Waals surface area (Å²) >= 11 is 5.89. The van der Waals surface area contributed by atoms with E-state index in [1.807, 2.05) is 0 Å². The van der Waals surface area contributed by atoms with E-state index in [0.29, 0.717) is 5.69 Å². The minimum Gasteiger partial charge on any atom is -0.322 e. The number of anilines is 1. The van der Waals surface area contributed by atoms with Crippen LogP contribution >= 0.6 is 11.6 Å². The van der Waals surface area contributed by atoms with Gasteiger partial charge in [0.1, 0.15) is 5.82 Å². The first kappa shape index (κ1) is 17.3. The van der Waals surface area contributed by atoms with E-state index >= 15 is 0 Å². The summed E-state index contributed by atoms with van der Waals surface area (Å²) in [7, 11) is 1.65. The molecule has 2 aromatic rings. The molecule has 2 heterocycles. The summed E-state index contributed by atoms with van der Waals surface area (Å²) in [5, 5.41) is 2.84. The molecule has 23 heavy (non-hydrogen) atoms. The molecule has 1 amide bonds. The number of pyridine rings is 1. The van der Waals surface area contributed by atoms with Gasteiger partial charge in [-0.1, -0.05) is 11.6 Å². The Hall–Kier alpha value is -2.06. The van der Waals surface area contributed by atoms with Gasteiger partial charge in [-0.15, -0.1) is 0 Å². The molecule has 0 aliphatic heterocycles. The first-order valence-corrected chi connectivity index (χ1v) is 7.19. The number of nitrogens with one attached hydrogen (secondary N) is 1. The van der Waals surface area contributed by atoms with Crippen LogP contribution in [-0.4, -0.2) is 38.4 Å². The minimum absolute atomic E-state index is 0.104. The summed E-state index contributed by atoms with van der Waals surface area (Å²) in [6.07, 6.45) is 4.02. The zero-order valence-electron chi connectivity index (χ0n) is 12.6. The molecule has 0 saturated carbocycles. The number of likely N-dealkylation sites (N-methyl/N-ethyl adjacent to an activating group) is 1. The van der Waals surface area contributed by atoms with Gasteiger partial charge in [0.05, 0.1) is 18.3 Å². The Labute approximate surface area is 137 Å². The van der Waals surface area contributed by atoms with Crippen molar-refractivity contribution >= 4 is 23.2 Å². The van der Waals surface area contributed by atoms with Gasteiger partial charge in [-0.2, -0.15) is 8.78 Å². The average Bonchev–Trinajstić information content (AvgIpc) is 2.97. The SMILES string of the molecule is C[C@H](C(=O)Nc1cccnc1Cl)N(C)Cc1nccn1C(F)F. The molecule has 0 aliphatic carbocycles. The van der Waals surface area contributed by atoms with Crippen LogP contribution in [0, 0.1) is 0 Å². The van der Waals surface area contributed by atoms with Crippen LogP contribution in [0.1, 0.15) is 19.3 Å². The van der Waals surface area contributed by atoms with Crippen molar-refractivity contribution in [2.24, 2.45) is 0 Å². The summed E-state index contributed by atoms with van der Waals surface area (Å²) in [4.78, 5) is 21.6. The highest BCUT2D eigenvalue weighted by Crippen LogP contribution is 2.19. The largest absolute Gasteiger partial charge is 0.322 e. The summed E-state index contributed by atoms with van der Waals surface area (Å²) in [6.45, 7) is -0.902. The van der Waals surface area contributed by atoms with Crippen LogP contribution < -0.4 is 5.32 Å². The molecular weight excluding hydrogens is 328 g/mol. The van der Waals surface area contributed by atoms with E-state index in [4.69, 9.17) is 11.6 Å². The van der Waals surface area contributed by atoms with Gasteiger partial charge >= 0.3 is 6.55 Å². The third-order valence-corrected chi connectivity index (χ3v) is 3.71. The van der Waals surface area contributed by atoms with Gasteiger partial charge in [-0.25, -0.2) is 9.97 Å². The zero-order valence-corrected chi connectivity index (χ0v) is 13.3. The lowest BCUT2D eigenvalue weighted by Gasteiger charge is -2.23. The molecule has 1 N–H and O–H groups in total. The Morgan fingerprint density at radius 3 is 2.83 bits per heavy atom. The fraction of sp³-hybridized carbons (Fsp3) is 0.357. The topological polar surface area (TPSA) is 63.1 Å². The maximum absolute atomic E-state index is 12.8. The Balaban J connectivity index is 2.01. The highest BCUT2D eigenvalue weighted by molar-refractivity contribution is 6.32. The first-order valence-electron chi connectivity index (χ1n) is 6.81. The Kier molecular flexibility index (Phi) is 5.62. The van der Waals surface area contributed by atoms with Crippen LogP contribution in [-0.2, 0) is 11.3 Å². The van der Waals surface area contributed by atoms with Crippen LogP contribution in [0.2, 0.25) is 5.15 Å². The van der Waals surface area contributed by atoms with E-state index in [1.54, 1.807) is 31.0 Å². The third kappa shape index (κ3) is 4.23. The number of carbonyl (C=O) groups excluding carboxylic acids is 1. The smallest absolute Gasteiger partial charge is 0.319 e. The predicted molar refractivity (Wildman–Crippen MR) is 82.3 cm³/mol. The second-order valence-electron chi connectivity index (χ2n) is 4.95. The monoisotopic (exact) mass is 343 g/mol. The first-order chi connectivity index (χ1) is 10.9. The lowest BCUT2D eigenvalue weighted by atomic mass is 10.2. The van der Waals surface area contributed by atoms with E-state index in [2.05, 4.69) is 15.3 Å². The molecule has 124 valence electrons. The second kappa shape index (κ2) is 7.47. The van der Waals surface area contributed by atoms with Crippen molar-refractivity contribution in [2.45, 2.75) is 26.1 Å². The van der Waals surface area contributed by atoms with Crippen LogP contribution in [0.4, 0.5) is 14.5 Å². The lowest BCUT2D eigenvalue weighted by Crippen LogP contribution is -2.39. The number of aromatic nitrogens is 3. The number of hydrogen-bond donors (Lipinski definition) is 1. The van der Waals surface area contributed by atoms with Gasteiger partial charge in [-0.3, -0.25) is 14.3 Å². The fourth-order valence-corrected chi connectivity index (χ4v) is 2.09. The van der Waals surface area contributed by atoms with Crippen molar-refractivity contribution in [1.29, 1.82) is 0 Å². The third-order valence-electron chi connectivity index (χ3n) is 3.41. The van der Waals surface area contributed by atoms with Crippen molar-refractivity contribution in [3.05, 3.63) is 41.7 Å². The summed E-state index contributed by atoms with van der Waals surface area (Å²) in [6, 6.07) is 2.70. The van der Waals surface area contributed by atoms with E-state index in [9.17, 15) is 13.6 Å². The number of amides is 1. The molecule has 9 heteroatoms. The molecule has 6 nitrogen and oxygen atoms in total. The van der Waals surface area contributed by atoms with E-state index in [1.165, 1.54) is 18.6 Å². The lowest BCUT2D eigenvalue weighted by molar-refractivity contribution is -0.120. The second-order valence-corrected chi connectivity index (χ2v) is 5.31. The number of alkyl halides is 2. The predicted octanol–water partition coefficient (Wildman–Crippen LogP) is 2.79. The van der Waals surface area contributed by atoms with Gasteiger partial charge in [0.25, 0.3) is 0 Å². The van der Waals surface area contributed by atoms with Crippen molar-refractivity contribution in [3.8, 4) is 0 Å². The molecule has 0 bridgehead atoms. The van der Waals surface area contributed by atoms with Crippen molar-refractivity contribution in [3.63, 3.8) is 0 Å². The number of imidazole rings is 1. The Bertz CT molecular complexity index is 679. The normalized spacial score (nSPS) is 12.7. The number of carbonyl (C=O) groups is 1. The van der Waals surface area contributed by atoms with Gasteiger partial charge in [-0.05, 0) is 26.1 Å². The van der Waals surface area contributed by atoms with E-state index < -0.39 is 12.6 Å². The minimum atomic E-state index is -2.67. The molecule has 1 atom stereocenters. The summed E-state index contributed by atoms with van der Waals surface area (Å²) in [5.41, 5.74) is 0.397. The summed E-state index contributed by atoms with van der Waals surface area (Å²) < 4.78 is 26.4. The number of nitrogens with zero attached hydrogens (tertiary/aromatic N) is 4. The van der Waals surface area contributed by atoms with Gasteiger partial charge in [0, 0.05) is 18.6 Å². The molecule has 0 unspecified atom stereocenters. The van der Waals surface area contributed by atoms with Crippen molar-refractivity contribution in [1.82, 2.24) is 19.4 Å². The van der Waals surface area contributed by atoms with Crippen LogP contribution in [0.25, 0.3) is 0 Å². The van der Waals surface area contributed by atoms with Crippen LogP contribution in [0.3, 0.4) is 0 Å². The molecule has 0 fully saturated rings.